The van der Waals surface area contributed by atoms with Gasteiger partial charge in [0.15, 0.2) is 0 Å². The Labute approximate surface area is 89.7 Å². The van der Waals surface area contributed by atoms with Gasteiger partial charge in [-0.05, 0) is 54.9 Å². The summed E-state index contributed by atoms with van der Waals surface area (Å²) in [6, 6.07) is 6.17. The Morgan fingerprint density at radius 3 is 3.00 bits per heavy atom. The normalized spacial score (nSPS) is 20.6. The molecule has 1 N–H and O–H groups in total. The molecule has 0 aliphatic heterocycles. The van der Waals surface area contributed by atoms with Crippen molar-refractivity contribution in [2.24, 2.45) is 5.92 Å². The first-order chi connectivity index (χ1) is 6.79. The molecule has 2 rings (SSSR count). The van der Waals surface area contributed by atoms with Crippen molar-refractivity contribution in [1.82, 2.24) is 0 Å². The molecule has 1 aromatic rings. The van der Waals surface area contributed by atoms with Crippen LogP contribution in [0.4, 0.5) is 0 Å². The van der Waals surface area contributed by atoms with E-state index in [1.54, 1.807) is 0 Å². The molecule has 0 saturated heterocycles. The van der Waals surface area contributed by atoms with Gasteiger partial charge in [0, 0.05) is 11.6 Å². The number of aryl methyl sites for hydroxylation is 1. The first-order valence-corrected chi connectivity index (χ1v) is 5.55. The summed E-state index contributed by atoms with van der Waals surface area (Å²) < 4.78 is 0. The molecule has 14 heavy (non-hydrogen) atoms. The lowest BCUT2D eigenvalue weighted by atomic mass is 9.82. The van der Waals surface area contributed by atoms with Gasteiger partial charge in [-0.2, -0.15) is 0 Å². The smallest absolute Gasteiger partial charge is 0.0433 e. The minimum absolute atomic E-state index is 0.306. The van der Waals surface area contributed by atoms with E-state index in [2.05, 4.69) is 12.1 Å². The lowest BCUT2D eigenvalue weighted by Gasteiger charge is -2.24. The molecule has 0 heterocycles. The molecule has 1 unspecified atom stereocenters. The van der Waals surface area contributed by atoms with Gasteiger partial charge < -0.3 is 5.11 Å². The summed E-state index contributed by atoms with van der Waals surface area (Å²) in [7, 11) is 0. The quantitative estimate of drug-likeness (QED) is 0.796. The van der Waals surface area contributed by atoms with Gasteiger partial charge in [0.25, 0.3) is 0 Å². The second kappa shape index (κ2) is 4.33. The van der Waals surface area contributed by atoms with Crippen LogP contribution in [0, 0.1) is 5.92 Å². The highest BCUT2D eigenvalue weighted by Crippen LogP contribution is 2.29. The van der Waals surface area contributed by atoms with Gasteiger partial charge in [0.05, 0.1) is 0 Å². The number of fused-ring (bicyclic) bond motifs is 1. The average Bonchev–Trinajstić information content (AvgIpc) is 2.17. The number of hydrogen-bond acceptors (Lipinski definition) is 1. The summed E-state index contributed by atoms with van der Waals surface area (Å²) in [4.78, 5) is 0. The van der Waals surface area contributed by atoms with E-state index < -0.39 is 0 Å². The van der Waals surface area contributed by atoms with Crippen LogP contribution in [-0.2, 0) is 12.8 Å². The highest BCUT2D eigenvalue weighted by atomic mass is 35.5. The van der Waals surface area contributed by atoms with Crippen LogP contribution in [0.2, 0.25) is 5.02 Å². The Hall–Kier alpha value is -0.530. The summed E-state index contributed by atoms with van der Waals surface area (Å²) in [6.07, 6.45) is 4.34. The molecule has 1 aliphatic rings. The van der Waals surface area contributed by atoms with E-state index >= 15 is 0 Å². The van der Waals surface area contributed by atoms with Crippen LogP contribution in [0.5, 0.6) is 0 Å². The maximum absolute atomic E-state index is 8.90. The average molecular weight is 211 g/mol. The molecule has 0 bridgehead atoms. The summed E-state index contributed by atoms with van der Waals surface area (Å²) in [5, 5.41) is 9.72. The summed E-state index contributed by atoms with van der Waals surface area (Å²) in [5.41, 5.74) is 2.81. The molecule has 0 saturated carbocycles. The molecule has 2 heteroatoms. The Kier molecular flexibility index (Phi) is 3.09. The van der Waals surface area contributed by atoms with Crippen molar-refractivity contribution >= 4 is 11.6 Å². The molecule has 0 fully saturated rings. The van der Waals surface area contributed by atoms with Crippen molar-refractivity contribution < 1.29 is 5.11 Å². The van der Waals surface area contributed by atoms with Gasteiger partial charge in [0.2, 0.25) is 0 Å². The van der Waals surface area contributed by atoms with E-state index in [9.17, 15) is 0 Å². The molecule has 0 spiro atoms. The van der Waals surface area contributed by atoms with Gasteiger partial charge >= 0.3 is 0 Å². The monoisotopic (exact) mass is 210 g/mol. The number of halogens is 1. The lowest BCUT2D eigenvalue weighted by Crippen LogP contribution is -2.15. The van der Waals surface area contributed by atoms with Crippen molar-refractivity contribution in [1.29, 1.82) is 0 Å². The Bertz CT molecular complexity index is 322. The van der Waals surface area contributed by atoms with E-state index in [0.29, 0.717) is 12.5 Å². The van der Waals surface area contributed by atoms with Crippen LogP contribution >= 0.6 is 11.6 Å². The van der Waals surface area contributed by atoms with E-state index in [1.807, 2.05) is 6.07 Å². The van der Waals surface area contributed by atoms with Crippen LogP contribution < -0.4 is 0 Å². The molecule has 0 aromatic heterocycles. The number of benzene rings is 1. The maximum atomic E-state index is 8.90. The molecule has 0 amide bonds. The zero-order valence-electron chi connectivity index (χ0n) is 8.17. The molecule has 1 nitrogen and oxygen atoms in total. The van der Waals surface area contributed by atoms with Crippen LogP contribution in [-0.4, -0.2) is 11.7 Å². The predicted molar refractivity (Wildman–Crippen MR) is 58.7 cm³/mol. The van der Waals surface area contributed by atoms with Crippen molar-refractivity contribution in [3.8, 4) is 0 Å². The van der Waals surface area contributed by atoms with Crippen LogP contribution in [0.3, 0.4) is 0 Å². The molecular formula is C12H15ClO. The minimum Gasteiger partial charge on any atom is -0.396 e. The van der Waals surface area contributed by atoms with Crippen molar-refractivity contribution in [2.75, 3.05) is 6.61 Å². The van der Waals surface area contributed by atoms with Crippen LogP contribution in [0.1, 0.15) is 24.0 Å². The Morgan fingerprint density at radius 2 is 2.21 bits per heavy atom. The fourth-order valence-corrected chi connectivity index (χ4v) is 2.42. The number of aliphatic hydroxyl groups excluding tert-OH is 1. The van der Waals surface area contributed by atoms with Crippen molar-refractivity contribution in [2.45, 2.75) is 25.7 Å². The standard InChI is InChI=1S/C12H15ClO/c13-12-4-3-10-2-1-9(5-6-14)7-11(10)8-12/h3-4,8-9,14H,1-2,5-7H2. The first kappa shape index (κ1) is 10.0. The third kappa shape index (κ3) is 2.10. The molecule has 76 valence electrons. The predicted octanol–water partition coefficient (Wildman–Crippen LogP) is 2.83. The molecule has 1 atom stereocenters. The summed E-state index contributed by atoms with van der Waals surface area (Å²) in [5.74, 6) is 0.644. The molecule has 0 radical (unpaired) electrons. The number of rotatable bonds is 2. The Morgan fingerprint density at radius 1 is 1.36 bits per heavy atom. The lowest BCUT2D eigenvalue weighted by molar-refractivity contribution is 0.248. The van der Waals surface area contributed by atoms with Crippen LogP contribution in [0.15, 0.2) is 18.2 Å². The van der Waals surface area contributed by atoms with Gasteiger partial charge in [-0.1, -0.05) is 17.7 Å². The highest BCUT2D eigenvalue weighted by Gasteiger charge is 2.17. The summed E-state index contributed by atoms with van der Waals surface area (Å²) >= 11 is 5.95. The maximum Gasteiger partial charge on any atom is 0.0433 e. The van der Waals surface area contributed by atoms with E-state index in [1.165, 1.54) is 17.5 Å². The minimum atomic E-state index is 0.306. The van der Waals surface area contributed by atoms with Crippen LogP contribution in [0.25, 0.3) is 0 Å². The Balaban J connectivity index is 2.16. The zero-order valence-corrected chi connectivity index (χ0v) is 8.93. The van der Waals surface area contributed by atoms with Gasteiger partial charge in [-0.25, -0.2) is 0 Å². The topological polar surface area (TPSA) is 20.2 Å². The van der Waals surface area contributed by atoms with Crippen molar-refractivity contribution in [3.05, 3.63) is 34.3 Å². The second-order valence-corrected chi connectivity index (χ2v) is 4.47. The fraction of sp³-hybridized carbons (Fsp3) is 0.500. The second-order valence-electron chi connectivity index (χ2n) is 4.03. The first-order valence-electron chi connectivity index (χ1n) is 5.18. The van der Waals surface area contributed by atoms with E-state index in [4.69, 9.17) is 16.7 Å². The zero-order chi connectivity index (χ0) is 9.97. The van der Waals surface area contributed by atoms with Crippen molar-refractivity contribution in [3.63, 3.8) is 0 Å². The highest BCUT2D eigenvalue weighted by molar-refractivity contribution is 6.30. The molecule has 1 aliphatic carbocycles. The largest absolute Gasteiger partial charge is 0.396 e. The third-order valence-corrected chi connectivity index (χ3v) is 3.27. The SMILES string of the molecule is OCCC1CCc2ccc(Cl)cc2C1. The summed E-state index contributed by atoms with van der Waals surface area (Å²) in [6.45, 7) is 0.306. The fourth-order valence-electron chi connectivity index (χ4n) is 2.23. The number of aliphatic hydroxyl groups is 1. The van der Waals surface area contributed by atoms with Gasteiger partial charge in [-0.3, -0.25) is 0 Å². The number of hydrogen-bond donors (Lipinski definition) is 1. The molecule has 1 aromatic carbocycles. The van der Waals surface area contributed by atoms with E-state index in [0.717, 1.165) is 24.3 Å². The molecular weight excluding hydrogens is 196 g/mol. The van der Waals surface area contributed by atoms with Gasteiger partial charge in [0.1, 0.15) is 0 Å². The van der Waals surface area contributed by atoms with Gasteiger partial charge in [-0.15, -0.1) is 0 Å². The van der Waals surface area contributed by atoms with E-state index in [-0.39, 0.29) is 0 Å². The third-order valence-electron chi connectivity index (χ3n) is 3.04.